The first-order valence-corrected chi connectivity index (χ1v) is 6.02. The molecule has 0 heterocycles. The SMILES string of the molecule is CCCO[C@@H](Cc1cccc(Cl)c1C)C(=O)O. The number of aliphatic carboxylic acids is 1. The minimum absolute atomic E-state index is 0.349. The summed E-state index contributed by atoms with van der Waals surface area (Å²) in [6.07, 6.45) is 0.354. The predicted molar refractivity (Wildman–Crippen MR) is 67.6 cm³/mol. The van der Waals surface area contributed by atoms with Crippen LogP contribution in [-0.2, 0) is 16.0 Å². The second kappa shape index (κ2) is 6.62. The molecule has 0 unspecified atom stereocenters. The van der Waals surface area contributed by atoms with Crippen molar-refractivity contribution in [2.75, 3.05) is 6.61 Å². The monoisotopic (exact) mass is 256 g/mol. The number of hydrogen-bond donors (Lipinski definition) is 1. The van der Waals surface area contributed by atoms with E-state index in [-0.39, 0.29) is 0 Å². The summed E-state index contributed by atoms with van der Waals surface area (Å²) >= 11 is 5.99. The number of carboxylic acid groups (broad SMARTS) is 1. The minimum atomic E-state index is -0.933. The van der Waals surface area contributed by atoms with E-state index in [1.54, 1.807) is 6.07 Å². The normalized spacial score (nSPS) is 12.4. The highest BCUT2D eigenvalue weighted by molar-refractivity contribution is 6.31. The molecule has 0 aliphatic heterocycles. The van der Waals surface area contributed by atoms with Gasteiger partial charge in [0.15, 0.2) is 6.10 Å². The standard InChI is InChI=1S/C13H17ClO3/c1-3-7-17-12(13(15)16)8-10-5-4-6-11(14)9(10)2/h4-6,12H,3,7-8H2,1-2H3,(H,15,16)/t12-/m0/s1. The van der Waals surface area contributed by atoms with Crippen molar-refractivity contribution >= 4 is 17.6 Å². The molecular formula is C13H17ClO3. The number of carbonyl (C=O) groups is 1. The van der Waals surface area contributed by atoms with Gasteiger partial charge in [-0.05, 0) is 30.5 Å². The van der Waals surface area contributed by atoms with E-state index in [4.69, 9.17) is 21.4 Å². The highest BCUT2D eigenvalue weighted by Gasteiger charge is 2.19. The van der Waals surface area contributed by atoms with Gasteiger partial charge in [-0.1, -0.05) is 30.7 Å². The summed E-state index contributed by atoms with van der Waals surface area (Å²) in [5.41, 5.74) is 1.83. The number of carboxylic acids is 1. The average Bonchev–Trinajstić information content (AvgIpc) is 2.29. The molecule has 3 nitrogen and oxygen atoms in total. The Labute approximate surface area is 106 Å². The van der Waals surface area contributed by atoms with Crippen LogP contribution in [-0.4, -0.2) is 23.8 Å². The van der Waals surface area contributed by atoms with E-state index in [9.17, 15) is 4.79 Å². The Kier molecular flexibility index (Phi) is 5.45. The molecule has 0 saturated carbocycles. The van der Waals surface area contributed by atoms with Crippen LogP contribution in [0.15, 0.2) is 18.2 Å². The molecule has 4 heteroatoms. The summed E-state index contributed by atoms with van der Waals surface area (Å²) in [7, 11) is 0. The second-order valence-electron chi connectivity index (χ2n) is 3.93. The van der Waals surface area contributed by atoms with Crippen molar-refractivity contribution in [2.45, 2.75) is 32.8 Å². The molecule has 1 rings (SSSR count). The van der Waals surface area contributed by atoms with Gasteiger partial charge in [0.1, 0.15) is 0 Å². The van der Waals surface area contributed by atoms with Crippen molar-refractivity contribution in [1.82, 2.24) is 0 Å². The van der Waals surface area contributed by atoms with E-state index in [1.807, 2.05) is 26.0 Å². The number of rotatable bonds is 6. The lowest BCUT2D eigenvalue weighted by atomic mass is 10.0. The Hall–Kier alpha value is -1.06. The first-order chi connectivity index (χ1) is 8.06. The summed E-state index contributed by atoms with van der Waals surface area (Å²) in [5, 5.41) is 9.72. The quantitative estimate of drug-likeness (QED) is 0.851. The molecule has 0 bridgehead atoms. The number of benzene rings is 1. The Bertz CT molecular complexity index is 390. The highest BCUT2D eigenvalue weighted by atomic mass is 35.5. The van der Waals surface area contributed by atoms with Crippen molar-refractivity contribution < 1.29 is 14.6 Å². The van der Waals surface area contributed by atoms with Crippen LogP contribution in [0.1, 0.15) is 24.5 Å². The van der Waals surface area contributed by atoms with Crippen molar-refractivity contribution in [3.8, 4) is 0 Å². The number of hydrogen-bond acceptors (Lipinski definition) is 2. The van der Waals surface area contributed by atoms with Gasteiger partial charge in [-0.25, -0.2) is 4.79 Å². The summed E-state index contributed by atoms with van der Waals surface area (Å²) in [5.74, 6) is -0.933. The third-order valence-corrected chi connectivity index (χ3v) is 2.99. The smallest absolute Gasteiger partial charge is 0.333 e. The van der Waals surface area contributed by atoms with E-state index in [2.05, 4.69) is 0 Å². The second-order valence-corrected chi connectivity index (χ2v) is 4.33. The minimum Gasteiger partial charge on any atom is -0.479 e. The summed E-state index contributed by atoms with van der Waals surface area (Å²) in [6, 6.07) is 5.50. The number of ether oxygens (including phenoxy) is 1. The zero-order chi connectivity index (χ0) is 12.8. The molecule has 1 atom stereocenters. The van der Waals surface area contributed by atoms with Gasteiger partial charge < -0.3 is 9.84 Å². The van der Waals surface area contributed by atoms with Gasteiger partial charge in [0.2, 0.25) is 0 Å². The van der Waals surface area contributed by atoms with Crippen LogP contribution in [0.5, 0.6) is 0 Å². The molecule has 1 aromatic carbocycles. The van der Waals surface area contributed by atoms with Gasteiger partial charge in [-0.3, -0.25) is 0 Å². The zero-order valence-electron chi connectivity index (χ0n) is 10.1. The van der Waals surface area contributed by atoms with Crippen LogP contribution in [0, 0.1) is 6.92 Å². The average molecular weight is 257 g/mol. The Morgan fingerprint density at radius 1 is 1.53 bits per heavy atom. The van der Waals surface area contributed by atoms with Crippen LogP contribution < -0.4 is 0 Å². The van der Waals surface area contributed by atoms with Crippen LogP contribution in [0.2, 0.25) is 5.02 Å². The van der Waals surface area contributed by atoms with Crippen molar-refractivity contribution in [1.29, 1.82) is 0 Å². The van der Waals surface area contributed by atoms with Gasteiger partial charge in [-0.2, -0.15) is 0 Å². The Morgan fingerprint density at radius 3 is 2.82 bits per heavy atom. The van der Waals surface area contributed by atoms with Crippen molar-refractivity contribution in [2.24, 2.45) is 0 Å². The molecular weight excluding hydrogens is 240 g/mol. The molecule has 0 aliphatic carbocycles. The predicted octanol–water partition coefficient (Wildman–Crippen LogP) is 3.07. The Balaban J connectivity index is 2.78. The summed E-state index contributed by atoms with van der Waals surface area (Å²) in [6.45, 7) is 4.29. The maximum atomic E-state index is 11.0. The first-order valence-electron chi connectivity index (χ1n) is 5.64. The highest BCUT2D eigenvalue weighted by Crippen LogP contribution is 2.20. The van der Waals surface area contributed by atoms with E-state index in [1.165, 1.54) is 0 Å². The van der Waals surface area contributed by atoms with E-state index < -0.39 is 12.1 Å². The molecule has 0 fully saturated rings. The molecule has 1 N–H and O–H groups in total. The summed E-state index contributed by atoms with van der Waals surface area (Å²) < 4.78 is 5.31. The molecule has 0 amide bonds. The fraction of sp³-hybridized carbons (Fsp3) is 0.462. The van der Waals surface area contributed by atoms with Gasteiger partial charge in [-0.15, -0.1) is 0 Å². The van der Waals surface area contributed by atoms with Crippen molar-refractivity contribution in [3.05, 3.63) is 34.3 Å². The zero-order valence-corrected chi connectivity index (χ0v) is 10.8. The lowest BCUT2D eigenvalue weighted by Gasteiger charge is -2.15. The summed E-state index contributed by atoms with van der Waals surface area (Å²) in [4.78, 5) is 11.0. The van der Waals surface area contributed by atoms with E-state index in [0.29, 0.717) is 18.1 Å². The van der Waals surface area contributed by atoms with Crippen LogP contribution in [0.3, 0.4) is 0 Å². The molecule has 0 saturated heterocycles. The van der Waals surface area contributed by atoms with Crippen molar-refractivity contribution in [3.63, 3.8) is 0 Å². The maximum Gasteiger partial charge on any atom is 0.333 e. The van der Waals surface area contributed by atoms with Gasteiger partial charge in [0, 0.05) is 18.1 Å². The molecule has 17 heavy (non-hydrogen) atoms. The molecule has 1 aromatic rings. The molecule has 0 aromatic heterocycles. The molecule has 0 radical (unpaired) electrons. The van der Waals surface area contributed by atoms with Crippen LogP contribution in [0.4, 0.5) is 0 Å². The molecule has 94 valence electrons. The topological polar surface area (TPSA) is 46.5 Å². The van der Waals surface area contributed by atoms with Gasteiger partial charge in [0.25, 0.3) is 0 Å². The van der Waals surface area contributed by atoms with E-state index in [0.717, 1.165) is 17.5 Å². The Morgan fingerprint density at radius 2 is 2.24 bits per heavy atom. The third-order valence-electron chi connectivity index (χ3n) is 2.58. The van der Waals surface area contributed by atoms with Crippen LogP contribution in [0.25, 0.3) is 0 Å². The largest absolute Gasteiger partial charge is 0.479 e. The number of halogens is 1. The fourth-order valence-corrected chi connectivity index (χ4v) is 1.74. The lowest BCUT2D eigenvalue weighted by Crippen LogP contribution is -2.27. The third kappa shape index (κ3) is 4.02. The fourth-order valence-electron chi connectivity index (χ4n) is 1.55. The first kappa shape index (κ1) is 14.0. The molecule has 0 spiro atoms. The van der Waals surface area contributed by atoms with E-state index >= 15 is 0 Å². The van der Waals surface area contributed by atoms with Crippen LogP contribution >= 0.6 is 11.6 Å². The molecule has 0 aliphatic rings. The van der Waals surface area contributed by atoms with Gasteiger partial charge >= 0.3 is 5.97 Å². The lowest BCUT2D eigenvalue weighted by molar-refractivity contribution is -0.150. The van der Waals surface area contributed by atoms with Gasteiger partial charge in [0.05, 0.1) is 0 Å². The maximum absolute atomic E-state index is 11.0.